The monoisotopic (exact) mass is 293 g/mol. The maximum absolute atomic E-state index is 11.9. The number of nitrogens with zero attached hydrogens (tertiary/aromatic N) is 1. The van der Waals surface area contributed by atoms with Gasteiger partial charge in [0.2, 0.25) is 5.91 Å². The van der Waals surface area contributed by atoms with Crippen LogP contribution in [0.5, 0.6) is 0 Å². The summed E-state index contributed by atoms with van der Waals surface area (Å²) in [4.78, 5) is 27.5. The van der Waals surface area contributed by atoms with Crippen molar-refractivity contribution >= 4 is 11.9 Å². The number of rotatable bonds is 5. The van der Waals surface area contributed by atoms with Crippen LogP contribution in [0, 0.1) is 0 Å². The van der Waals surface area contributed by atoms with Crippen LogP contribution in [0.2, 0.25) is 0 Å². The molecule has 2 heterocycles. The van der Waals surface area contributed by atoms with Crippen LogP contribution in [0.3, 0.4) is 0 Å². The molecule has 1 aliphatic rings. The van der Waals surface area contributed by atoms with E-state index in [4.69, 9.17) is 9.47 Å². The maximum atomic E-state index is 11.9. The average Bonchev–Trinajstić information content (AvgIpc) is 2.54. The van der Waals surface area contributed by atoms with Gasteiger partial charge < -0.3 is 20.1 Å². The molecule has 1 amide bonds. The Balaban J connectivity index is 1.83. The lowest BCUT2D eigenvalue weighted by Crippen LogP contribution is -2.51. The number of esters is 1. The quantitative estimate of drug-likeness (QED) is 0.735. The van der Waals surface area contributed by atoms with E-state index >= 15 is 0 Å². The Hall–Kier alpha value is -1.99. The number of pyridine rings is 1. The Morgan fingerprint density at radius 2 is 2.38 bits per heavy atom. The molecule has 7 heteroatoms. The number of carbonyl (C=O) groups is 2. The molecule has 1 atom stereocenters. The molecule has 1 saturated heterocycles. The zero-order valence-corrected chi connectivity index (χ0v) is 11.9. The second kappa shape index (κ2) is 7.70. The normalized spacial score (nSPS) is 18.0. The maximum Gasteiger partial charge on any atom is 0.339 e. The summed E-state index contributed by atoms with van der Waals surface area (Å²) in [7, 11) is 0. The summed E-state index contributed by atoms with van der Waals surface area (Å²) in [6.07, 6.45) is 1.45. The number of morpholine rings is 1. The van der Waals surface area contributed by atoms with Gasteiger partial charge in [-0.15, -0.1) is 0 Å². The highest BCUT2D eigenvalue weighted by atomic mass is 16.5. The summed E-state index contributed by atoms with van der Waals surface area (Å²) in [5.74, 6) is -0.518. The molecule has 2 rings (SSSR count). The molecule has 0 radical (unpaired) electrons. The van der Waals surface area contributed by atoms with Crippen molar-refractivity contribution in [3.63, 3.8) is 0 Å². The molecule has 0 spiro atoms. The standard InChI is InChI=1S/C14H19N3O4/c1-2-21-14(19)10-3-4-11(16-7-10)8-17-13(18)12-9-20-6-5-15-12/h3-4,7,12,15H,2,5-6,8-9H2,1H3,(H,17,18)/t12-/m1/s1. The van der Waals surface area contributed by atoms with E-state index in [1.54, 1.807) is 19.1 Å². The van der Waals surface area contributed by atoms with Crippen molar-refractivity contribution in [1.82, 2.24) is 15.6 Å². The summed E-state index contributed by atoms with van der Waals surface area (Å²) in [6.45, 7) is 4.05. The first-order valence-electron chi connectivity index (χ1n) is 6.91. The van der Waals surface area contributed by atoms with E-state index in [9.17, 15) is 9.59 Å². The summed E-state index contributed by atoms with van der Waals surface area (Å²) >= 11 is 0. The molecular formula is C14H19N3O4. The minimum Gasteiger partial charge on any atom is -0.462 e. The second-order valence-electron chi connectivity index (χ2n) is 4.56. The summed E-state index contributed by atoms with van der Waals surface area (Å²) < 4.78 is 10.1. The molecule has 114 valence electrons. The molecule has 1 aromatic rings. The molecule has 0 aromatic carbocycles. The second-order valence-corrected chi connectivity index (χ2v) is 4.56. The lowest BCUT2D eigenvalue weighted by Gasteiger charge is -2.22. The Morgan fingerprint density at radius 3 is 3.00 bits per heavy atom. The van der Waals surface area contributed by atoms with Gasteiger partial charge in [-0.25, -0.2) is 4.79 Å². The number of carbonyl (C=O) groups excluding carboxylic acids is 2. The molecule has 1 fully saturated rings. The molecule has 1 aromatic heterocycles. The topological polar surface area (TPSA) is 89.5 Å². The van der Waals surface area contributed by atoms with Crippen molar-refractivity contribution in [2.24, 2.45) is 0 Å². The van der Waals surface area contributed by atoms with Crippen LogP contribution >= 0.6 is 0 Å². The van der Waals surface area contributed by atoms with Crippen molar-refractivity contribution in [3.8, 4) is 0 Å². The van der Waals surface area contributed by atoms with Crippen LogP contribution in [-0.4, -0.2) is 49.3 Å². The first-order valence-corrected chi connectivity index (χ1v) is 6.91. The fourth-order valence-corrected chi connectivity index (χ4v) is 1.90. The molecule has 0 unspecified atom stereocenters. The van der Waals surface area contributed by atoms with Gasteiger partial charge in [0.15, 0.2) is 0 Å². The van der Waals surface area contributed by atoms with Gasteiger partial charge in [0.25, 0.3) is 0 Å². The van der Waals surface area contributed by atoms with Gasteiger partial charge in [0, 0.05) is 12.7 Å². The van der Waals surface area contributed by atoms with Gasteiger partial charge in [0.05, 0.1) is 37.6 Å². The van der Waals surface area contributed by atoms with Crippen LogP contribution in [0.1, 0.15) is 23.0 Å². The predicted octanol–water partition coefficient (Wildman–Crippen LogP) is -0.137. The van der Waals surface area contributed by atoms with Gasteiger partial charge in [-0.3, -0.25) is 9.78 Å². The fraction of sp³-hybridized carbons (Fsp3) is 0.500. The number of aromatic nitrogens is 1. The molecule has 0 saturated carbocycles. The van der Waals surface area contributed by atoms with E-state index in [0.717, 1.165) is 0 Å². The fourth-order valence-electron chi connectivity index (χ4n) is 1.90. The van der Waals surface area contributed by atoms with Crippen molar-refractivity contribution in [2.75, 3.05) is 26.4 Å². The first kappa shape index (κ1) is 15.4. The Labute approximate surface area is 123 Å². The van der Waals surface area contributed by atoms with E-state index in [1.165, 1.54) is 6.20 Å². The number of amides is 1. The summed E-state index contributed by atoms with van der Waals surface area (Å²) in [5.41, 5.74) is 1.07. The molecule has 2 N–H and O–H groups in total. The van der Waals surface area contributed by atoms with Crippen LogP contribution in [-0.2, 0) is 20.8 Å². The lowest BCUT2D eigenvalue weighted by molar-refractivity contribution is -0.126. The smallest absolute Gasteiger partial charge is 0.339 e. The predicted molar refractivity (Wildman–Crippen MR) is 74.6 cm³/mol. The van der Waals surface area contributed by atoms with Crippen molar-refractivity contribution in [2.45, 2.75) is 19.5 Å². The highest BCUT2D eigenvalue weighted by Crippen LogP contribution is 2.03. The summed E-state index contributed by atoms with van der Waals surface area (Å²) in [5, 5.41) is 5.86. The Kier molecular flexibility index (Phi) is 5.65. The van der Waals surface area contributed by atoms with Crippen LogP contribution in [0.15, 0.2) is 18.3 Å². The van der Waals surface area contributed by atoms with Crippen molar-refractivity contribution in [1.29, 1.82) is 0 Å². The molecule has 21 heavy (non-hydrogen) atoms. The molecule has 0 aliphatic carbocycles. The van der Waals surface area contributed by atoms with Gasteiger partial charge in [-0.1, -0.05) is 0 Å². The highest BCUT2D eigenvalue weighted by molar-refractivity contribution is 5.89. The number of ether oxygens (including phenoxy) is 2. The minimum atomic E-state index is -0.399. The van der Waals surface area contributed by atoms with Gasteiger partial charge in [-0.05, 0) is 19.1 Å². The van der Waals surface area contributed by atoms with Crippen LogP contribution in [0.25, 0.3) is 0 Å². The molecular weight excluding hydrogens is 274 g/mol. The van der Waals surface area contributed by atoms with E-state index in [1.807, 2.05) is 0 Å². The van der Waals surface area contributed by atoms with Crippen molar-refractivity contribution < 1.29 is 19.1 Å². The average molecular weight is 293 g/mol. The molecule has 0 bridgehead atoms. The van der Waals surface area contributed by atoms with Gasteiger partial charge in [-0.2, -0.15) is 0 Å². The van der Waals surface area contributed by atoms with E-state index < -0.39 is 5.97 Å². The third kappa shape index (κ3) is 4.51. The third-order valence-corrected chi connectivity index (χ3v) is 3.02. The largest absolute Gasteiger partial charge is 0.462 e. The minimum absolute atomic E-state index is 0.119. The zero-order chi connectivity index (χ0) is 15.1. The van der Waals surface area contributed by atoms with Gasteiger partial charge >= 0.3 is 5.97 Å². The number of hydrogen-bond acceptors (Lipinski definition) is 6. The molecule has 7 nitrogen and oxygen atoms in total. The van der Waals surface area contributed by atoms with Crippen LogP contribution < -0.4 is 10.6 Å². The Morgan fingerprint density at radius 1 is 1.52 bits per heavy atom. The van der Waals surface area contributed by atoms with Crippen LogP contribution in [0.4, 0.5) is 0 Å². The number of hydrogen-bond donors (Lipinski definition) is 2. The summed E-state index contributed by atoms with van der Waals surface area (Å²) in [6, 6.07) is 3.00. The Bertz CT molecular complexity index is 483. The zero-order valence-electron chi connectivity index (χ0n) is 11.9. The molecule has 1 aliphatic heterocycles. The SMILES string of the molecule is CCOC(=O)c1ccc(CNC(=O)[C@H]2COCCN2)nc1. The first-order chi connectivity index (χ1) is 10.2. The highest BCUT2D eigenvalue weighted by Gasteiger charge is 2.20. The third-order valence-electron chi connectivity index (χ3n) is 3.02. The van der Waals surface area contributed by atoms with Gasteiger partial charge in [0.1, 0.15) is 6.04 Å². The lowest BCUT2D eigenvalue weighted by atomic mass is 10.2. The van der Waals surface area contributed by atoms with Crippen molar-refractivity contribution in [3.05, 3.63) is 29.6 Å². The van der Waals surface area contributed by atoms with E-state index in [-0.39, 0.29) is 11.9 Å². The van der Waals surface area contributed by atoms with E-state index in [2.05, 4.69) is 15.6 Å². The van der Waals surface area contributed by atoms with E-state index in [0.29, 0.717) is 44.2 Å². The number of nitrogens with one attached hydrogen (secondary N) is 2.